The van der Waals surface area contributed by atoms with Crippen molar-refractivity contribution in [2.24, 2.45) is 0 Å². The molecule has 0 heterocycles. The van der Waals surface area contributed by atoms with Gasteiger partial charge in [-0.2, -0.15) is 0 Å². The highest BCUT2D eigenvalue weighted by atomic mass is 35.5. The Hall–Kier alpha value is -2.44. The monoisotopic (exact) mass is 271 g/mol. The molecule has 19 heavy (non-hydrogen) atoms. The lowest BCUT2D eigenvalue weighted by molar-refractivity contribution is -0.111. The van der Waals surface area contributed by atoms with E-state index >= 15 is 0 Å². The predicted molar refractivity (Wildman–Crippen MR) is 75.1 cm³/mol. The summed E-state index contributed by atoms with van der Waals surface area (Å²) >= 11 is 5.87. The number of amides is 1. The molecule has 0 bridgehead atoms. The van der Waals surface area contributed by atoms with E-state index < -0.39 is 5.91 Å². The molecule has 2 aromatic rings. The number of hydrogen-bond donors (Lipinski definition) is 2. The van der Waals surface area contributed by atoms with Crippen molar-refractivity contribution < 1.29 is 9.90 Å². The smallest absolute Gasteiger partial charge is 0.300 e. The third-order valence-corrected chi connectivity index (χ3v) is 2.61. The standard InChI is InChI=1S/C15H10ClNO2/c16-13-10-12(18)7-8-14(13)17-15(19)9-6-11-4-2-1-3-5-11/h1-5,7-8,10,18H,(H,17,19). The molecular formula is C15H10ClNO2. The largest absolute Gasteiger partial charge is 0.508 e. The average molecular weight is 272 g/mol. The summed E-state index contributed by atoms with van der Waals surface area (Å²) in [5.41, 5.74) is 1.17. The Morgan fingerprint density at radius 2 is 1.89 bits per heavy atom. The Kier molecular flexibility index (Phi) is 4.07. The van der Waals surface area contributed by atoms with Crippen molar-refractivity contribution in [3.63, 3.8) is 0 Å². The molecule has 0 unspecified atom stereocenters. The lowest BCUT2D eigenvalue weighted by atomic mass is 10.2. The van der Waals surface area contributed by atoms with Crippen molar-refractivity contribution in [1.82, 2.24) is 0 Å². The lowest BCUT2D eigenvalue weighted by Gasteiger charge is -2.03. The number of rotatable bonds is 1. The zero-order chi connectivity index (χ0) is 13.7. The Labute approximate surface area is 115 Å². The highest BCUT2D eigenvalue weighted by Gasteiger charge is 2.03. The minimum Gasteiger partial charge on any atom is -0.508 e. The second-order valence-corrected chi connectivity index (χ2v) is 4.14. The summed E-state index contributed by atoms with van der Waals surface area (Å²) in [5.74, 6) is 4.79. The molecule has 0 saturated heterocycles. The first-order valence-corrected chi connectivity index (χ1v) is 5.89. The fraction of sp³-hybridized carbons (Fsp3) is 0. The first kappa shape index (κ1) is 13.0. The van der Waals surface area contributed by atoms with Crippen molar-refractivity contribution in [2.45, 2.75) is 0 Å². The van der Waals surface area contributed by atoms with Crippen LogP contribution in [0.25, 0.3) is 0 Å². The van der Waals surface area contributed by atoms with Crippen LogP contribution in [0.5, 0.6) is 5.75 Å². The maximum atomic E-state index is 11.6. The minimum atomic E-state index is -0.462. The van der Waals surface area contributed by atoms with Crippen molar-refractivity contribution in [1.29, 1.82) is 0 Å². The number of halogens is 1. The van der Waals surface area contributed by atoms with E-state index in [1.54, 1.807) is 0 Å². The first-order chi connectivity index (χ1) is 9.15. The lowest BCUT2D eigenvalue weighted by Crippen LogP contribution is -2.08. The molecule has 0 aliphatic rings. The van der Waals surface area contributed by atoms with Crippen LogP contribution in [0, 0.1) is 11.8 Å². The number of phenols is 1. The van der Waals surface area contributed by atoms with Gasteiger partial charge in [-0.15, -0.1) is 0 Å². The van der Waals surface area contributed by atoms with Crippen LogP contribution in [0.2, 0.25) is 5.02 Å². The molecular weight excluding hydrogens is 262 g/mol. The van der Waals surface area contributed by atoms with Gasteiger partial charge in [0.1, 0.15) is 5.75 Å². The highest BCUT2D eigenvalue weighted by molar-refractivity contribution is 6.34. The number of carbonyl (C=O) groups is 1. The second-order valence-electron chi connectivity index (χ2n) is 3.73. The van der Waals surface area contributed by atoms with E-state index in [0.29, 0.717) is 5.69 Å². The van der Waals surface area contributed by atoms with E-state index in [2.05, 4.69) is 17.2 Å². The van der Waals surface area contributed by atoms with Crippen LogP contribution in [0.15, 0.2) is 48.5 Å². The Morgan fingerprint density at radius 3 is 2.58 bits per heavy atom. The summed E-state index contributed by atoms with van der Waals surface area (Å²) < 4.78 is 0. The maximum absolute atomic E-state index is 11.6. The quantitative estimate of drug-likeness (QED) is 0.619. The van der Waals surface area contributed by atoms with Gasteiger partial charge in [0.2, 0.25) is 0 Å². The summed E-state index contributed by atoms with van der Waals surface area (Å²) in [5, 5.41) is 12.0. The number of carbonyl (C=O) groups excluding carboxylic acids is 1. The molecule has 0 radical (unpaired) electrons. The van der Waals surface area contributed by atoms with Crippen LogP contribution in [-0.4, -0.2) is 11.0 Å². The summed E-state index contributed by atoms with van der Waals surface area (Å²) in [6, 6.07) is 13.5. The topological polar surface area (TPSA) is 49.3 Å². The number of aromatic hydroxyl groups is 1. The third-order valence-electron chi connectivity index (χ3n) is 2.30. The normalized spacial score (nSPS) is 9.32. The van der Waals surface area contributed by atoms with Crippen LogP contribution < -0.4 is 5.32 Å². The van der Waals surface area contributed by atoms with Crippen LogP contribution in [0.1, 0.15) is 5.56 Å². The van der Waals surface area contributed by atoms with Gasteiger partial charge in [0.25, 0.3) is 0 Å². The van der Waals surface area contributed by atoms with Crippen LogP contribution in [-0.2, 0) is 4.79 Å². The van der Waals surface area contributed by atoms with E-state index in [1.807, 2.05) is 30.3 Å². The molecule has 94 valence electrons. The molecule has 1 amide bonds. The highest BCUT2D eigenvalue weighted by Crippen LogP contribution is 2.25. The van der Waals surface area contributed by atoms with Crippen LogP contribution in [0.3, 0.4) is 0 Å². The third kappa shape index (κ3) is 3.77. The van der Waals surface area contributed by atoms with E-state index in [0.717, 1.165) is 5.56 Å². The molecule has 0 aliphatic carbocycles. The molecule has 4 heteroatoms. The zero-order valence-electron chi connectivity index (χ0n) is 9.85. The molecule has 3 nitrogen and oxygen atoms in total. The second kappa shape index (κ2) is 5.94. The summed E-state index contributed by atoms with van der Waals surface area (Å²) in [6.07, 6.45) is 0. The van der Waals surface area contributed by atoms with E-state index in [1.165, 1.54) is 18.2 Å². The van der Waals surface area contributed by atoms with Gasteiger partial charge in [-0.25, -0.2) is 0 Å². The molecule has 0 aliphatic heterocycles. The number of nitrogens with one attached hydrogen (secondary N) is 1. The summed E-state index contributed by atoms with van der Waals surface area (Å²) in [7, 11) is 0. The predicted octanol–water partition coefficient (Wildman–Crippen LogP) is 3.04. The van der Waals surface area contributed by atoms with Crippen molar-refractivity contribution in [3.05, 3.63) is 59.1 Å². The minimum absolute atomic E-state index is 0.0402. The summed E-state index contributed by atoms with van der Waals surface area (Å²) in [4.78, 5) is 11.6. The maximum Gasteiger partial charge on any atom is 0.300 e. The molecule has 2 aromatic carbocycles. The number of benzene rings is 2. The molecule has 0 atom stereocenters. The van der Waals surface area contributed by atoms with Gasteiger partial charge in [0, 0.05) is 17.6 Å². The first-order valence-electron chi connectivity index (χ1n) is 5.52. The molecule has 0 fully saturated rings. The summed E-state index contributed by atoms with van der Waals surface area (Å²) in [6.45, 7) is 0. The van der Waals surface area contributed by atoms with Crippen molar-refractivity contribution in [3.8, 4) is 17.6 Å². The van der Waals surface area contributed by atoms with Gasteiger partial charge >= 0.3 is 5.91 Å². The molecule has 0 saturated carbocycles. The molecule has 0 spiro atoms. The number of hydrogen-bond acceptors (Lipinski definition) is 2. The molecule has 0 aromatic heterocycles. The van der Waals surface area contributed by atoms with Crippen molar-refractivity contribution in [2.75, 3.05) is 5.32 Å². The Morgan fingerprint density at radius 1 is 1.16 bits per heavy atom. The number of anilines is 1. The Bertz CT molecular complexity index is 657. The van der Waals surface area contributed by atoms with E-state index in [-0.39, 0.29) is 10.8 Å². The van der Waals surface area contributed by atoms with Gasteiger partial charge in [-0.3, -0.25) is 4.79 Å². The fourth-order valence-corrected chi connectivity index (χ4v) is 1.63. The van der Waals surface area contributed by atoms with Gasteiger partial charge in [-0.1, -0.05) is 35.7 Å². The number of phenolic OH excluding ortho intramolecular Hbond substituents is 1. The van der Waals surface area contributed by atoms with Crippen molar-refractivity contribution >= 4 is 23.2 Å². The van der Waals surface area contributed by atoms with Crippen LogP contribution in [0.4, 0.5) is 5.69 Å². The van der Waals surface area contributed by atoms with Gasteiger partial charge in [-0.05, 0) is 24.3 Å². The van der Waals surface area contributed by atoms with E-state index in [9.17, 15) is 9.90 Å². The molecule has 2 rings (SSSR count). The van der Waals surface area contributed by atoms with Crippen LogP contribution >= 0.6 is 11.6 Å². The fourth-order valence-electron chi connectivity index (χ4n) is 1.41. The zero-order valence-corrected chi connectivity index (χ0v) is 10.6. The Balaban J connectivity index is 2.08. The average Bonchev–Trinajstić information content (AvgIpc) is 2.41. The SMILES string of the molecule is O=C(C#Cc1ccccc1)Nc1ccc(O)cc1Cl. The van der Waals surface area contributed by atoms with Gasteiger partial charge in [0.05, 0.1) is 10.7 Å². The van der Waals surface area contributed by atoms with E-state index in [4.69, 9.17) is 11.6 Å². The van der Waals surface area contributed by atoms with Gasteiger partial charge < -0.3 is 10.4 Å². The van der Waals surface area contributed by atoms with Gasteiger partial charge in [0.15, 0.2) is 0 Å². The molecule has 2 N–H and O–H groups in total.